The van der Waals surface area contributed by atoms with Crippen molar-refractivity contribution in [3.05, 3.63) is 29.3 Å². The fourth-order valence-electron chi connectivity index (χ4n) is 2.20. The maximum absolute atomic E-state index is 11.0. The molecule has 1 atom stereocenters. The molecule has 1 N–H and O–H groups in total. The zero-order valence-electron chi connectivity index (χ0n) is 11.9. The van der Waals surface area contributed by atoms with Gasteiger partial charge in [-0.1, -0.05) is 13.8 Å². The van der Waals surface area contributed by atoms with Crippen LogP contribution in [0, 0.1) is 12.8 Å². The predicted molar refractivity (Wildman–Crippen MR) is 75.5 cm³/mol. The van der Waals surface area contributed by atoms with Crippen molar-refractivity contribution in [2.75, 3.05) is 11.9 Å². The van der Waals surface area contributed by atoms with Gasteiger partial charge >= 0.3 is 5.97 Å². The Balaban J connectivity index is 2.90. The smallest absolute Gasteiger partial charge is 0.335 e. The molecule has 0 radical (unpaired) electrons. The Hall–Kier alpha value is -1.51. The van der Waals surface area contributed by atoms with Crippen molar-refractivity contribution >= 4 is 11.7 Å². The van der Waals surface area contributed by atoms with Gasteiger partial charge in [0, 0.05) is 18.8 Å². The minimum Gasteiger partial charge on any atom is -0.478 e. The number of benzene rings is 1. The zero-order valence-corrected chi connectivity index (χ0v) is 11.9. The molecule has 18 heavy (non-hydrogen) atoms. The third kappa shape index (κ3) is 3.49. The quantitative estimate of drug-likeness (QED) is 0.867. The van der Waals surface area contributed by atoms with Gasteiger partial charge in [-0.25, -0.2) is 4.79 Å². The molecule has 0 amide bonds. The molecule has 0 fully saturated rings. The molecule has 0 aliphatic carbocycles. The summed E-state index contributed by atoms with van der Waals surface area (Å²) in [5.41, 5.74) is 2.26. The van der Waals surface area contributed by atoms with E-state index in [1.807, 2.05) is 19.1 Å². The molecule has 0 aromatic heterocycles. The van der Waals surface area contributed by atoms with Gasteiger partial charge in [-0.05, 0) is 49.9 Å². The van der Waals surface area contributed by atoms with Crippen molar-refractivity contribution in [3.8, 4) is 0 Å². The summed E-state index contributed by atoms with van der Waals surface area (Å²) in [4.78, 5) is 13.2. The fourth-order valence-corrected chi connectivity index (χ4v) is 2.20. The van der Waals surface area contributed by atoms with Crippen LogP contribution in [0.5, 0.6) is 0 Å². The number of carboxylic acids is 1. The maximum atomic E-state index is 11.0. The van der Waals surface area contributed by atoms with E-state index < -0.39 is 5.97 Å². The second kappa shape index (κ2) is 5.89. The number of hydrogen-bond donors (Lipinski definition) is 1. The third-order valence-electron chi connectivity index (χ3n) is 3.32. The van der Waals surface area contributed by atoms with E-state index in [9.17, 15) is 4.79 Å². The van der Waals surface area contributed by atoms with Gasteiger partial charge in [0.25, 0.3) is 0 Å². The molecule has 0 bridgehead atoms. The van der Waals surface area contributed by atoms with E-state index in [1.54, 1.807) is 6.07 Å². The Morgan fingerprint density at radius 2 is 1.94 bits per heavy atom. The second-order valence-corrected chi connectivity index (χ2v) is 5.39. The molecular weight excluding hydrogens is 226 g/mol. The molecule has 0 saturated carbocycles. The summed E-state index contributed by atoms with van der Waals surface area (Å²) in [6, 6.07) is 5.96. The molecule has 1 unspecified atom stereocenters. The topological polar surface area (TPSA) is 40.5 Å². The van der Waals surface area contributed by atoms with Crippen LogP contribution in [0.25, 0.3) is 0 Å². The molecule has 100 valence electrons. The summed E-state index contributed by atoms with van der Waals surface area (Å²) in [6.07, 6.45) is 1.12. The summed E-state index contributed by atoms with van der Waals surface area (Å²) in [7, 11) is 2.06. The highest BCUT2D eigenvalue weighted by Crippen LogP contribution is 2.22. The molecule has 0 aliphatic heterocycles. The summed E-state index contributed by atoms with van der Waals surface area (Å²) in [5.74, 6) is -0.209. The van der Waals surface area contributed by atoms with Crippen LogP contribution in [0.2, 0.25) is 0 Å². The number of anilines is 1. The molecule has 0 spiro atoms. The van der Waals surface area contributed by atoms with Gasteiger partial charge in [-0.3, -0.25) is 0 Å². The Morgan fingerprint density at radius 3 is 2.39 bits per heavy atom. The lowest BCUT2D eigenvalue weighted by Gasteiger charge is -2.28. The number of nitrogens with zero attached hydrogens (tertiary/aromatic N) is 1. The normalized spacial score (nSPS) is 12.6. The molecule has 1 aromatic carbocycles. The zero-order chi connectivity index (χ0) is 13.9. The van der Waals surface area contributed by atoms with Crippen molar-refractivity contribution in [1.29, 1.82) is 0 Å². The van der Waals surface area contributed by atoms with Gasteiger partial charge in [0.1, 0.15) is 0 Å². The van der Waals surface area contributed by atoms with Crippen molar-refractivity contribution in [3.63, 3.8) is 0 Å². The Labute approximate surface area is 109 Å². The molecular formula is C15H23NO2. The van der Waals surface area contributed by atoms with E-state index in [0.717, 1.165) is 17.7 Å². The van der Waals surface area contributed by atoms with Crippen LogP contribution in [0.15, 0.2) is 18.2 Å². The van der Waals surface area contributed by atoms with Gasteiger partial charge in [-0.2, -0.15) is 0 Å². The van der Waals surface area contributed by atoms with Crippen LogP contribution in [-0.4, -0.2) is 24.2 Å². The highest BCUT2D eigenvalue weighted by atomic mass is 16.4. The van der Waals surface area contributed by atoms with Crippen molar-refractivity contribution < 1.29 is 9.90 Å². The van der Waals surface area contributed by atoms with Crippen LogP contribution < -0.4 is 4.90 Å². The van der Waals surface area contributed by atoms with Crippen molar-refractivity contribution in [2.24, 2.45) is 5.92 Å². The highest BCUT2D eigenvalue weighted by molar-refractivity contribution is 5.89. The maximum Gasteiger partial charge on any atom is 0.335 e. The monoisotopic (exact) mass is 249 g/mol. The number of carboxylic acid groups (broad SMARTS) is 1. The molecule has 0 saturated heterocycles. The van der Waals surface area contributed by atoms with Crippen LogP contribution in [0.4, 0.5) is 5.69 Å². The fraction of sp³-hybridized carbons (Fsp3) is 0.533. The summed E-state index contributed by atoms with van der Waals surface area (Å²) in [5, 5.41) is 9.01. The minimum atomic E-state index is -0.864. The molecule has 1 aromatic rings. The van der Waals surface area contributed by atoms with Gasteiger partial charge < -0.3 is 10.0 Å². The number of carbonyl (C=O) groups is 1. The van der Waals surface area contributed by atoms with E-state index in [-0.39, 0.29) is 0 Å². The first-order valence-electron chi connectivity index (χ1n) is 6.39. The lowest BCUT2D eigenvalue weighted by molar-refractivity contribution is 0.0696. The lowest BCUT2D eigenvalue weighted by Crippen LogP contribution is -2.30. The Kier molecular flexibility index (Phi) is 4.76. The largest absolute Gasteiger partial charge is 0.478 e. The molecule has 3 nitrogen and oxygen atoms in total. The molecule has 1 rings (SSSR count). The molecule has 3 heteroatoms. The summed E-state index contributed by atoms with van der Waals surface area (Å²) in [6.45, 7) is 8.46. The first-order valence-corrected chi connectivity index (χ1v) is 6.39. The standard InChI is InChI=1S/C15H23NO2/c1-10(2)8-12(4)16(5)13-6-7-14(15(17)18)11(3)9-13/h6-7,9-10,12H,8H2,1-5H3,(H,17,18). The number of aromatic carboxylic acids is 1. The Morgan fingerprint density at radius 1 is 1.33 bits per heavy atom. The lowest BCUT2D eigenvalue weighted by atomic mass is 10.0. The average Bonchev–Trinajstić information content (AvgIpc) is 2.26. The number of rotatable bonds is 5. The van der Waals surface area contributed by atoms with Crippen LogP contribution >= 0.6 is 0 Å². The first-order chi connectivity index (χ1) is 8.32. The van der Waals surface area contributed by atoms with Gasteiger partial charge in [0.15, 0.2) is 0 Å². The van der Waals surface area contributed by atoms with E-state index in [1.165, 1.54) is 0 Å². The Bertz CT molecular complexity index is 427. The molecule has 0 heterocycles. The third-order valence-corrected chi connectivity index (χ3v) is 3.32. The van der Waals surface area contributed by atoms with E-state index in [2.05, 4.69) is 32.7 Å². The van der Waals surface area contributed by atoms with Crippen LogP contribution in [0.3, 0.4) is 0 Å². The number of hydrogen-bond acceptors (Lipinski definition) is 2. The van der Waals surface area contributed by atoms with Crippen LogP contribution in [0.1, 0.15) is 43.1 Å². The second-order valence-electron chi connectivity index (χ2n) is 5.39. The van der Waals surface area contributed by atoms with Gasteiger partial charge in [-0.15, -0.1) is 0 Å². The van der Waals surface area contributed by atoms with E-state index >= 15 is 0 Å². The molecule has 0 aliphatic rings. The number of aryl methyl sites for hydroxylation is 1. The summed E-state index contributed by atoms with van der Waals surface area (Å²) >= 11 is 0. The van der Waals surface area contributed by atoms with Crippen LogP contribution in [-0.2, 0) is 0 Å². The first kappa shape index (κ1) is 14.6. The van der Waals surface area contributed by atoms with Crippen molar-refractivity contribution in [2.45, 2.75) is 40.2 Å². The predicted octanol–water partition coefficient (Wildman–Crippen LogP) is 3.56. The van der Waals surface area contributed by atoms with Gasteiger partial charge in [0.05, 0.1) is 5.56 Å². The average molecular weight is 249 g/mol. The SMILES string of the molecule is Cc1cc(N(C)C(C)CC(C)C)ccc1C(=O)O. The minimum absolute atomic E-state index is 0.378. The van der Waals surface area contributed by atoms with E-state index in [4.69, 9.17) is 5.11 Å². The van der Waals surface area contributed by atoms with Gasteiger partial charge in [0.2, 0.25) is 0 Å². The summed E-state index contributed by atoms with van der Waals surface area (Å²) < 4.78 is 0. The van der Waals surface area contributed by atoms with Crippen molar-refractivity contribution in [1.82, 2.24) is 0 Å². The van der Waals surface area contributed by atoms with E-state index in [0.29, 0.717) is 17.5 Å². The highest BCUT2D eigenvalue weighted by Gasteiger charge is 2.14.